The highest BCUT2D eigenvalue weighted by molar-refractivity contribution is 5.90. The van der Waals surface area contributed by atoms with E-state index in [-0.39, 0.29) is 18.7 Å². The molecule has 1 fully saturated rings. The van der Waals surface area contributed by atoms with Gasteiger partial charge in [-0.2, -0.15) is 0 Å². The molecule has 1 aliphatic carbocycles. The zero-order chi connectivity index (χ0) is 16.7. The van der Waals surface area contributed by atoms with Crippen LogP contribution in [0.25, 0.3) is 0 Å². The van der Waals surface area contributed by atoms with Crippen LogP contribution in [0.5, 0.6) is 5.75 Å². The molecule has 5 heteroatoms. The molecule has 0 bridgehead atoms. The van der Waals surface area contributed by atoms with E-state index in [1.807, 2.05) is 32.0 Å². The first kappa shape index (κ1) is 17.6. The molecule has 1 aromatic carbocycles. The van der Waals surface area contributed by atoms with Gasteiger partial charge in [0.25, 0.3) is 0 Å². The van der Waals surface area contributed by atoms with Gasteiger partial charge in [-0.1, -0.05) is 13.0 Å². The van der Waals surface area contributed by atoms with Gasteiger partial charge in [-0.05, 0) is 57.6 Å². The summed E-state index contributed by atoms with van der Waals surface area (Å²) in [5.74, 6) is 0.845. The number of carbonyl (C=O) groups is 1. The molecule has 0 saturated heterocycles. The van der Waals surface area contributed by atoms with Crippen LogP contribution >= 0.6 is 0 Å². The second-order valence-electron chi connectivity index (χ2n) is 6.17. The molecule has 1 aromatic rings. The van der Waals surface area contributed by atoms with Gasteiger partial charge in [0.1, 0.15) is 5.75 Å². The number of anilines is 1. The van der Waals surface area contributed by atoms with Crippen molar-refractivity contribution in [2.45, 2.75) is 64.5 Å². The van der Waals surface area contributed by atoms with E-state index in [0.29, 0.717) is 12.5 Å². The quantitative estimate of drug-likeness (QED) is 0.719. The third-order valence-corrected chi connectivity index (χ3v) is 4.43. The van der Waals surface area contributed by atoms with Crippen LogP contribution in [0.2, 0.25) is 0 Å². The summed E-state index contributed by atoms with van der Waals surface area (Å²) >= 11 is 0. The molecule has 0 spiro atoms. The Labute approximate surface area is 138 Å². The van der Waals surface area contributed by atoms with Crippen molar-refractivity contribution < 1.29 is 14.6 Å². The Balaban J connectivity index is 1.97. The fraction of sp³-hybridized carbons (Fsp3) is 0.611. The number of amides is 2. The maximum Gasteiger partial charge on any atom is 0.319 e. The van der Waals surface area contributed by atoms with E-state index in [4.69, 9.17) is 9.84 Å². The summed E-state index contributed by atoms with van der Waals surface area (Å²) in [6.45, 7) is 4.02. The fourth-order valence-corrected chi connectivity index (χ4v) is 2.94. The summed E-state index contributed by atoms with van der Waals surface area (Å²) in [7, 11) is 0. The van der Waals surface area contributed by atoms with Gasteiger partial charge in [0.2, 0.25) is 0 Å². The van der Waals surface area contributed by atoms with Crippen molar-refractivity contribution in [2.75, 3.05) is 11.9 Å². The third kappa shape index (κ3) is 5.13. The highest BCUT2D eigenvalue weighted by Gasteiger charge is 2.18. The van der Waals surface area contributed by atoms with Gasteiger partial charge in [0, 0.05) is 23.9 Å². The molecule has 0 heterocycles. The number of carbonyl (C=O) groups excluding carboxylic acids is 1. The lowest BCUT2D eigenvalue weighted by Gasteiger charge is -2.19. The van der Waals surface area contributed by atoms with E-state index in [1.54, 1.807) is 0 Å². The van der Waals surface area contributed by atoms with Crippen LogP contribution in [0.1, 0.15) is 51.0 Å². The number of aliphatic hydroxyl groups excluding tert-OH is 1. The lowest BCUT2D eigenvalue weighted by atomic mass is 10.1. The molecular formula is C18H28N2O3. The molecule has 23 heavy (non-hydrogen) atoms. The van der Waals surface area contributed by atoms with Crippen molar-refractivity contribution in [2.24, 2.45) is 0 Å². The average Bonchev–Trinajstić information content (AvgIpc) is 3.04. The van der Waals surface area contributed by atoms with E-state index in [1.165, 1.54) is 12.8 Å². The minimum Gasteiger partial charge on any atom is -0.490 e. The summed E-state index contributed by atoms with van der Waals surface area (Å²) in [4.78, 5) is 12.1. The molecule has 0 aliphatic heterocycles. The molecule has 1 saturated carbocycles. The Kier molecular flexibility index (Phi) is 6.71. The van der Waals surface area contributed by atoms with Crippen LogP contribution in [-0.4, -0.2) is 29.9 Å². The van der Waals surface area contributed by atoms with Crippen molar-refractivity contribution in [3.63, 3.8) is 0 Å². The van der Waals surface area contributed by atoms with Crippen LogP contribution in [0.15, 0.2) is 18.2 Å². The predicted octanol–water partition coefficient (Wildman–Crippen LogP) is 3.60. The molecule has 0 aromatic heterocycles. The van der Waals surface area contributed by atoms with Crippen molar-refractivity contribution in [3.8, 4) is 5.75 Å². The highest BCUT2D eigenvalue weighted by Crippen LogP contribution is 2.30. The summed E-state index contributed by atoms with van der Waals surface area (Å²) in [5.41, 5.74) is 1.71. The van der Waals surface area contributed by atoms with Gasteiger partial charge in [-0.3, -0.25) is 0 Å². The second kappa shape index (κ2) is 8.77. The lowest BCUT2D eigenvalue weighted by molar-refractivity contribution is 0.209. The lowest BCUT2D eigenvalue weighted by Crippen LogP contribution is -2.38. The van der Waals surface area contributed by atoms with Gasteiger partial charge >= 0.3 is 6.03 Å². The first-order valence-electron chi connectivity index (χ1n) is 8.58. The number of rotatable bonds is 7. The second-order valence-corrected chi connectivity index (χ2v) is 6.17. The van der Waals surface area contributed by atoms with E-state index >= 15 is 0 Å². The highest BCUT2D eigenvalue weighted by atomic mass is 16.5. The molecule has 1 unspecified atom stereocenters. The SMILES string of the molecule is CCC(CCO)NC(=O)Nc1cccc(OC2CCCC2)c1C. The smallest absolute Gasteiger partial charge is 0.319 e. The van der Waals surface area contributed by atoms with Crippen LogP contribution in [0, 0.1) is 6.92 Å². The number of hydrogen-bond acceptors (Lipinski definition) is 3. The van der Waals surface area contributed by atoms with E-state index < -0.39 is 0 Å². The van der Waals surface area contributed by atoms with E-state index in [2.05, 4.69) is 10.6 Å². The van der Waals surface area contributed by atoms with Crippen molar-refractivity contribution in [1.82, 2.24) is 5.32 Å². The van der Waals surface area contributed by atoms with Gasteiger partial charge in [-0.15, -0.1) is 0 Å². The van der Waals surface area contributed by atoms with Gasteiger partial charge in [0.05, 0.1) is 6.10 Å². The Bertz CT molecular complexity index is 513. The van der Waals surface area contributed by atoms with Gasteiger partial charge in [-0.25, -0.2) is 4.79 Å². The monoisotopic (exact) mass is 320 g/mol. The summed E-state index contributed by atoms with van der Waals surface area (Å²) in [5, 5.41) is 14.8. The number of urea groups is 1. The molecule has 2 rings (SSSR count). The molecule has 2 amide bonds. The number of hydrogen-bond donors (Lipinski definition) is 3. The molecule has 5 nitrogen and oxygen atoms in total. The number of aliphatic hydroxyl groups is 1. The average molecular weight is 320 g/mol. The van der Waals surface area contributed by atoms with Crippen LogP contribution < -0.4 is 15.4 Å². The summed E-state index contributed by atoms with van der Waals surface area (Å²) < 4.78 is 6.06. The molecular weight excluding hydrogens is 292 g/mol. The molecule has 128 valence electrons. The number of benzene rings is 1. The Hall–Kier alpha value is -1.75. The molecule has 3 N–H and O–H groups in total. The summed E-state index contributed by atoms with van der Waals surface area (Å²) in [6.07, 6.45) is 6.33. The van der Waals surface area contributed by atoms with Gasteiger partial charge < -0.3 is 20.5 Å². The number of ether oxygens (including phenoxy) is 1. The fourth-order valence-electron chi connectivity index (χ4n) is 2.94. The van der Waals surface area contributed by atoms with Gasteiger partial charge in [0.15, 0.2) is 0 Å². The Morgan fingerprint density at radius 3 is 2.78 bits per heavy atom. The molecule has 0 radical (unpaired) electrons. The zero-order valence-corrected chi connectivity index (χ0v) is 14.1. The standard InChI is InChI=1S/C18H28N2O3/c1-3-14(11-12-21)19-18(22)20-16-9-6-10-17(13(16)2)23-15-7-4-5-8-15/h6,9-10,14-15,21H,3-5,7-8,11-12H2,1-2H3,(H2,19,20,22). The van der Waals surface area contributed by atoms with Crippen molar-refractivity contribution in [3.05, 3.63) is 23.8 Å². The third-order valence-electron chi connectivity index (χ3n) is 4.43. The minimum atomic E-state index is -0.244. The molecule has 1 aliphatic rings. The zero-order valence-electron chi connectivity index (χ0n) is 14.1. The van der Waals surface area contributed by atoms with Crippen LogP contribution in [0.4, 0.5) is 10.5 Å². The van der Waals surface area contributed by atoms with E-state index in [0.717, 1.165) is 36.3 Å². The van der Waals surface area contributed by atoms with Crippen LogP contribution in [0.3, 0.4) is 0 Å². The topological polar surface area (TPSA) is 70.6 Å². The largest absolute Gasteiger partial charge is 0.490 e. The first-order valence-corrected chi connectivity index (χ1v) is 8.58. The maximum atomic E-state index is 12.1. The van der Waals surface area contributed by atoms with Crippen molar-refractivity contribution in [1.29, 1.82) is 0 Å². The molecule has 1 atom stereocenters. The first-order chi connectivity index (χ1) is 11.1. The summed E-state index contributed by atoms with van der Waals surface area (Å²) in [6, 6.07) is 5.48. The predicted molar refractivity (Wildman–Crippen MR) is 92.0 cm³/mol. The normalized spacial score (nSPS) is 16.1. The van der Waals surface area contributed by atoms with E-state index in [9.17, 15) is 4.79 Å². The Morgan fingerprint density at radius 1 is 1.39 bits per heavy atom. The number of nitrogens with one attached hydrogen (secondary N) is 2. The Morgan fingerprint density at radius 2 is 2.13 bits per heavy atom. The maximum absolute atomic E-state index is 12.1. The minimum absolute atomic E-state index is 0.0155. The van der Waals surface area contributed by atoms with Crippen LogP contribution in [-0.2, 0) is 0 Å². The van der Waals surface area contributed by atoms with Crippen molar-refractivity contribution >= 4 is 11.7 Å².